The average Bonchev–Trinajstić information content (AvgIpc) is 2.40. The third kappa shape index (κ3) is 3.43. The second kappa shape index (κ2) is 5.67. The number of hydrogen-bond donors (Lipinski definition) is 1. The molecule has 0 aromatic carbocycles. The van der Waals surface area contributed by atoms with E-state index in [1.807, 2.05) is 32.2 Å². The molecule has 100 valence electrons. The lowest BCUT2D eigenvalue weighted by Gasteiger charge is -2.38. The standard InChI is InChI=1S/C14H23N3O/c1-3-14(2,18)12-16-8-10-17(11-9-16)13-6-4-5-7-15-13/h4-7,18H,3,8-12H2,1-2H3. The third-order valence-corrected chi connectivity index (χ3v) is 3.67. The first-order valence-electron chi connectivity index (χ1n) is 6.71. The van der Waals surface area contributed by atoms with E-state index >= 15 is 0 Å². The van der Waals surface area contributed by atoms with Gasteiger partial charge in [-0.05, 0) is 25.5 Å². The molecule has 0 aliphatic carbocycles. The number of anilines is 1. The van der Waals surface area contributed by atoms with Gasteiger partial charge in [-0.1, -0.05) is 13.0 Å². The Morgan fingerprint density at radius 2 is 2.00 bits per heavy atom. The zero-order valence-corrected chi connectivity index (χ0v) is 11.3. The van der Waals surface area contributed by atoms with Crippen molar-refractivity contribution in [1.82, 2.24) is 9.88 Å². The van der Waals surface area contributed by atoms with E-state index in [0.717, 1.165) is 45.0 Å². The summed E-state index contributed by atoms with van der Waals surface area (Å²) < 4.78 is 0. The number of rotatable bonds is 4. The summed E-state index contributed by atoms with van der Waals surface area (Å²) in [7, 11) is 0. The van der Waals surface area contributed by atoms with Crippen molar-refractivity contribution < 1.29 is 5.11 Å². The lowest BCUT2D eigenvalue weighted by Crippen LogP contribution is -2.51. The summed E-state index contributed by atoms with van der Waals surface area (Å²) in [5, 5.41) is 10.1. The van der Waals surface area contributed by atoms with Crippen LogP contribution in [0.5, 0.6) is 0 Å². The fraction of sp³-hybridized carbons (Fsp3) is 0.643. The van der Waals surface area contributed by atoms with Crippen molar-refractivity contribution in [2.24, 2.45) is 0 Å². The van der Waals surface area contributed by atoms with Crippen molar-refractivity contribution >= 4 is 5.82 Å². The molecular weight excluding hydrogens is 226 g/mol. The molecule has 0 bridgehead atoms. The molecule has 1 fully saturated rings. The van der Waals surface area contributed by atoms with Gasteiger partial charge in [-0.15, -0.1) is 0 Å². The lowest BCUT2D eigenvalue weighted by molar-refractivity contribution is 0.0149. The SMILES string of the molecule is CCC(C)(O)CN1CCN(c2ccccn2)CC1. The van der Waals surface area contributed by atoms with E-state index in [1.54, 1.807) is 0 Å². The summed E-state index contributed by atoms with van der Waals surface area (Å²) in [5.41, 5.74) is -0.562. The van der Waals surface area contributed by atoms with Crippen LogP contribution in [-0.4, -0.2) is 53.3 Å². The van der Waals surface area contributed by atoms with Crippen LogP contribution in [0.15, 0.2) is 24.4 Å². The van der Waals surface area contributed by atoms with Crippen LogP contribution in [0.1, 0.15) is 20.3 Å². The van der Waals surface area contributed by atoms with Crippen LogP contribution in [-0.2, 0) is 0 Å². The second-order valence-corrected chi connectivity index (χ2v) is 5.30. The molecule has 4 nitrogen and oxygen atoms in total. The predicted octanol–water partition coefficient (Wildman–Crippen LogP) is 1.36. The molecule has 2 rings (SSSR count). The van der Waals surface area contributed by atoms with E-state index in [0.29, 0.717) is 0 Å². The normalized spacial score (nSPS) is 20.7. The maximum atomic E-state index is 10.1. The van der Waals surface area contributed by atoms with Gasteiger partial charge in [0.15, 0.2) is 0 Å². The third-order valence-electron chi connectivity index (χ3n) is 3.67. The number of nitrogens with zero attached hydrogens (tertiary/aromatic N) is 3. The fourth-order valence-electron chi connectivity index (χ4n) is 2.27. The monoisotopic (exact) mass is 249 g/mol. The zero-order chi connectivity index (χ0) is 13.0. The molecule has 4 heteroatoms. The van der Waals surface area contributed by atoms with E-state index in [2.05, 4.69) is 20.9 Å². The van der Waals surface area contributed by atoms with Crippen LogP contribution in [0.25, 0.3) is 0 Å². The largest absolute Gasteiger partial charge is 0.389 e. The highest BCUT2D eigenvalue weighted by molar-refractivity contribution is 5.38. The topological polar surface area (TPSA) is 39.6 Å². The molecule has 1 atom stereocenters. The number of pyridine rings is 1. The number of aromatic nitrogens is 1. The molecule has 1 aliphatic heterocycles. The van der Waals surface area contributed by atoms with Crippen molar-refractivity contribution in [3.8, 4) is 0 Å². The van der Waals surface area contributed by atoms with Crippen molar-refractivity contribution in [1.29, 1.82) is 0 Å². The highest BCUT2D eigenvalue weighted by Gasteiger charge is 2.25. The van der Waals surface area contributed by atoms with Crippen LogP contribution in [0.3, 0.4) is 0 Å². The Balaban J connectivity index is 1.85. The van der Waals surface area contributed by atoms with E-state index in [-0.39, 0.29) is 0 Å². The second-order valence-electron chi connectivity index (χ2n) is 5.30. The minimum Gasteiger partial charge on any atom is -0.389 e. The van der Waals surface area contributed by atoms with Crippen molar-refractivity contribution in [3.05, 3.63) is 24.4 Å². The smallest absolute Gasteiger partial charge is 0.128 e. The molecular formula is C14H23N3O. The molecule has 0 amide bonds. The first-order chi connectivity index (χ1) is 8.61. The highest BCUT2D eigenvalue weighted by atomic mass is 16.3. The van der Waals surface area contributed by atoms with Gasteiger partial charge in [-0.2, -0.15) is 0 Å². The molecule has 1 saturated heterocycles. The predicted molar refractivity (Wildman–Crippen MR) is 73.8 cm³/mol. The van der Waals surface area contributed by atoms with Gasteiger partial charge in [0, 0.05) is 38.9 Å². The van der Waals surface area contributed by atoms with Gasteiger partial charge in [0.05, 0.1) is 5.60 Å². The Labute approximate surface area is 109 Å². The maximum Gasteiger partial charge on any atom is 0.128 e. The number of β-amino-alcohol motifs (C(OH)–C–C–N with tert-alkyl or cyclic N) is 1. The van der Waals surface area contributed by atoms with Crippen LogP contribution in [0, 0.1) is 0 Å². The molecule has 0 saturated carbocycles. The summed E-state index contributed by atoms with van der Waals surface area (Å²) >= 11 is 0. The Hall–Kier alpha value is -1.13. The zero-order valence-electron chi connectivity index (χ0n) is 11.3. The molecule has 1 aromatic rings. The van der Waals surface area contributed by atoms with Crippen LogP contribution in [0.4, 0.5) is 5.82 Å². The van der Waals surface area contributed by atoms with Gasteiger partial charge in [-0.3, -0.25) is 4.90 Å². The lowest BCUT2D eigenvalue weighted by atomic mass is 10.0. The molecule has 18 heavy (non-hydrogen) atoms. The fourth-order valence-corrected chi connectivity index (χ4v) is 2.27. The van der Waals surface area contributed by atoms with E-state index in [4.69, 9.17) is 0 Å². The highest BCUT2D eigenvalue weighted by Crippen LogP contribution is 2.16. The minimum absolute atomic E-state index is 0.562. The summed E-state index contributed by atoms with van der Waals surface area (Å²) in [5.74, 6) is 1.06. The maximum absolute atomic E-state index is 10.1. The number of hydrogen-bond acceptors (Lipinski definition) is 4. The van der Waals surface area contributed by atoms with Gasteiger partial charge < -0.3 is 10.0 Å². The molecule has 0 radical (unpaired) electrons. The summed E-state index contributed by atoms with van der Waals surface area (Å²) in [6.45, 7) is 8.66. The van der Waals surface area contributed by atoms with Crippen molar-refractivity contribution in [3.63, 3.8) is 0 Å². The van der Waals surface area contributed by atoms with Gasteiger partial charge in [0.2, 0.25) is 0 Å². The summed E-state index contributed by atoms with van der Waals surface area (Å²) in [6, 6.07) is 6.02. The van der Waals surface area contributed by atoms with Crippen LogP contribution >= 0.6 is 0 Å². The Morgan fingerprint density at radius 3 is 2.56 bits per heavy atom. The van der Waals surface area contributed by atoms with Gasteiger partial charge >= 0.3 is 0 Å². The van der Waals surface area contributed by atoms with Gasteiger partial charge in [0.1, 0.15) is 5.82 Å². The minimum atomic E-state index is -0.562. The number of aliphatic hydroxyl groups is 1. The molecule has 1 aliphatic rings. The number of piperazine rings is 1. The molecule has 2 heterocycles. The van der Waals surface area contributed by atoms with Crippen LogP contribution in [0.2, 0.25) is 0 Å². The van der Waals surface area contributed by atoms with Crippen molar-refractivity contribution in [2.45, 2.75) is 25.9 Å². The Kier molecular flexibility index (Phi) is 4.19. The summed E-state index contributed by atoms with van der Waals surface area (Å²) in [6.07, 6.45) is 2.64. The molecule has 1 N–H and O–H groups in total. The van der Waals surface area contributed by atoms with Gasteiger partial charge in [-0.25, -0.2) is 4.98 Å². The molecule has 1 unspecified atom stereocenters. The van der Waals surface area contributed by atoms with Gasteiger partial charge in [0.25, 0.3) is 0 Å². The first kappa shape index (κ1) is 13.3. The quantitative estimate of drug-likeness (QED) is 0.875. The van der Waals surface area contributed by atoms with E-state index in [9.17, 15) is 5.11 Å². The first-order valence-corrected chi connectivity index (χ1v) is 6.71. The Bertz CT molecular complexity index is 359. The van der Waals surface area contributed by atoms with Crippen molar-refractivity contribution in [2.75, 3.05) is 37.6 Å². The average molecular weight is 249 g/mol. The Morgan fingerprint density at radius 1 is 1.28 bits per heavy atom. The van der Waals surface area contributed by atoms with E-state index in [1.165, 1.54) is 0 Å². The summed E-state index contributed by atoms with van der Waals surface area (Å²) in [4.78, 5) is 9.02. The molecule has 1 aromatic heterocycles. The molecule has 0 spiro atoms. The van der Waals surface area contributed by atoms with Crippen LogP contribution < -0.4 is 4.90 Å². The van der Waals surface area contributed by atoms with E-state index < -0.39 is 5.60 Å².